The number of aryl methyl sites for hydroxylation is 1. The molecule has 2 N–H and O–H groups in total. The molecule has 1 rings (SSSR count). The third-order valence-corrected chi connectivity index (χ3v) is 5.92. The fraction of sp³-hybridized carbons (Fsp3) is 0.667. The molecule has 0 fully saturated rings. The van der Waals surface area contributed by atoms with E-state index in [1.807, 2.05) is 14.0 Å². The van der Waals surface area contributed by atoms with E-state index >= 15 is 0 Å². The van der Waals surface area contributed by atoms with Gasteiger partial charge in [0.2, 0.25) is 10.0 Å². The summed E-state index contributed by atoms with van der Waals surface area (Å²) in [6.45, 7) is 3.10. The Balaban J connectivity index is 2.75. The molecule has 0 amide bonds. The van der Waals surface area contributed by atoms with Gasteiger partial charge in [-0.25, -0.2) is 13.1 Å². The van der Waals surface area contributed by atoms with Crippen LogP contribution in [-0.4, -0.2) is 48.9 Å². The summed E-state index contributed by atoms with van der Waals surface area (Å²) >= 11 is 1.28. The zero-order valence-corrected chi connectivity index (χ0v) is 13.9. The second kappa shape index (κ2) is 8.06. The Morgan fingerprint density at radius 2 is 2.10 bits per heavy atom. The van der Waals surface area contributed by atoms with E-state index in [2.05, 4.69) is 10.0 Å². The molecular weight excluding hydrogens is 300 g/mol. The highest BCUT2D eigenvalue weighted by Crippen LogP contribution is 2.25. The first-order valence-electron chi connectivity index (χ1n) is 6.20. The summed E-state index contributed by atoms with van der Waals surface area (Å²) in [5, 5.41) is 3.02. The molecular formula is C12H22N2O4S2. The Hall–Kier alpha value is -0.510. The average Bonchev–Trinajstić information content (AvgIpc) is 2.77. The van der Waals surface area contributed by atoms with Crippen LogP contribution in [0.5, 0.6) is 0 Å². The highest BCUT2D eigenvalue weighted by atomic mass is 32.2. The van der Waals surface area contributed by atoms with E-state index in [1.165, 1.54) is 18.4 Å². The minimum atomic E-state index is -3.50. The van der Waals surface area contributed by atoms with E-state index < -0.39 is 10.0 Å². The van der Waals surface area contributed by atoms with Crippen LogP contribution in [0.2, 0.25) is 0 Å². The largest absolute Gasteiger partial charge is 0.382 e. The molecule has 0 aliphatic rings. The van der Waals surface area contributed by atoms with Crippen molar-refractivity contribution in [3.63, 3.8) is 0 Å². The lowest BCUT2D eigenvalue weighted by atomic mass is 10.3. The van der Waals surface area contributed by atoms with Gasteiger partial charge in [0.25, 0.3) is 0 Å². The van der Waals surface area contributed by atoms with Crippen LogP contribution in [0.4, 0.5) is 0 Å². The molecule has 0 radical (unpaired) electrons. The lowest BCUT2D eigenvalue weighted by Crippen LogP contribution is -2.35. The van der Waals surface area contributed by atoms with Crippen LogP contribution < -0.4 is 10.0 Å². The van der Waals surface area contributed by atoms with Gasteiger partial charge in [-0.2, -0.15) is 0 Å². The molecule has 0 aliphatic heterocycles. The van der Waals surface area contributed by atoms with Crippen molar-refractivity contribution in [2.75, 3.05) is 34.4 Å². The number of methoxy groups -OCH3 is 2. The van der Waals surface area contributed by atoms with Crippen molar-refractivity contribution in [1.82, 2.24) is 10.0 Å². The minimum absolute atomic E-state index is 0.185. The number of nitrogens with one attached hydrogen (secondary N) is 2. The molecule has 1 atom stereocenters. The Morgan fingerprint density at radius 1 is 1.40 bits per heavy atom. The highest BCUT2D eigenvalue weighted by molar-refractivity contribution is 7.91. The van der Waals surface area contributed by atoms with Crippen LogP contribution in [0.3, 0.4) is 0 Å². The molecule has 0 bridgehead atoms. The van der Waals surface area contributed by atoms with Gasteiger partial charge in [0, 0.05) is 32.2 Å². The second-order valence-corrected chi connectivity index (χ2v) is 7.50. The summed E-state index contributed by atoms with van der Waals surface area (Å²) in [6.07, 6.45) is -0.299. The Kier molecular flexibility index (Phi) is 7.07. The molecule has 0 saturated carbocycles. The monoisotopic (exact) mass is 322 g/mol. The minimum Gasteiger partial charge on any atom is -0.382 e. The first kappa shape index (κ1) is 17.5. The third-order valence-electron chi connectivity index (χ3n) is 2.79. The van der Waals surface area contributed by atoms with Gasteiger partial charge in [-0.15, -0.1) is 11.3 Å². The van der Waals surface area contributed by atoms with E-state index in [-0.39, 0.29) is 12.6 Å². The first-order valence-corrected chi connectivity index (χ1v) is 8.49. The van der Waals surface area contributed by atoms with Crippen molar-refractivity contribution in [3.05, 3.63) is 16.5 Å². The standard InChI is InChI=1S/C12H22N2O4S2/c1-9-5-12(19-11(9)7-13-2)20(15,16)14-6-10(18-4)8-17-3/h5,10,13-14H,6-8H2,1-4H3. The molecule has 116 valence electrons. The maximum Gasteiger partial charge on any atom is 0.250 e. The maximum absolute atomic E-state index is 12.2. The first-order chi connectivity index (χ1) is 9.44. The Bertz CT molecular complexity index is 514. The molecule has 0 spiro atoms. The summed E-state index contributed by atoms with van der Waals surface area (Å²) < 4.78 is 37.4. The molecule has 20 heavy (non-hydrogen) atoms. The van der Waals surface area contributed by atoms with E-state index in [0.29, 0.717) is 17.4 Å². The van der Waals surface area contributed by atoms with Crippen molar-refractivity contribution in [2.24, 2.45) is 0 Å². The quantitative estimate of drug-likeness (QED) is 0.700. The summed E-state index contributed by atoms with van der Waals surface area (Å²) in [5.74, 6) is 0. The van der Waals surface area contributed by atoms with Crippen molar-refractivity contribution in [1.29, 1.82) is 0 Å². The summed E-state index contributed by atoms with van der Waals surface area (Å²) in [7, 11) is 1.41. The average molecular weight is 322 g/mol. The van der Waals surface area contributed by atoms with Gasteiger partial charge < -0.3 is 14.8 Å². The predicted octanol–water partition coefficient (Wildman–Crippen LogP) is 0.716. The molecule has 1 heterocycles. The van der Waals surface area contributed by atoms with Crippen LogP contribution in [0.15, 0.2) is 10.3 Å². The normalized spacial score (nSPS) is 13.6. The zero-order valence-electron chi connectivity index (χ0n) is 12.2. The molecule has 6 nitrogen and oxygen atoms in total. The van der Waals surface area contributed by atoms with Crippen LogP contribution in [-0.2, 0) is 26.0 Å². The molecule has 0 saturated heterocycles. The maximum atomic E-state index is 12.2. The molecule has 1 unspecified atom stereocenters. The predicted molar refractivity (Wildman–Crippen MR) is 79.7 cm³/mol. The van der Waals surface area contributed by atoms with Gasteiger partial charge in [-0.1, -0.05) is 0 Å². The van der Waals surface area contributed by atoms with E-state index in [4.69, 9.17) is 9.47 Å². The molecule has 1 aromatic rings. The van der Waals surface area contributed by atoms with Crippen LogP contribution >= 0.6 is 11.3 Å². The second-order valence-electron chi connectivity index (χ2n) is 4.37. The topological polar surface area (TPSA) is 76.7 Å². The number of hydrogen-bond donors (Lipinski definition) is 2. The summed E-state index contributed by atoms with van der Waals surface area (Å²) in [6, 6.07) is 1.69. The number of sulfonamides is 1. The zero-order chi connectivity index (χ0) is 15.2. The van der Waals surface area contributed by atoms with Crippen LogP contribution in [0.25, 0.3) is 0 Å². The number of thiophene rings is 1. The van der Waals surface area contributed by atoms with Gasteiger partial charge >= 0.3 is 0 Å². The van der Waals surface area contributed by atoms with Crippen molar-refractivity contribution < 1.29 is 17.9 Å². The van der Waals surface area contributed by atoms with Gasteiger partial charge in [0.05, 0.1) is 12.7 Å². The highest BCUT2D eigenvalue weighted by Gasteiger charge is 2.20. The van der Waals surface area contributed by atoms with Crippen molar-refractivity contribution in [2.45, 2.75) is 23.8 Å². The van der Waals surface area contributed by atoms with E-state index in [9.17, 15) is 8.42 Å². The van der Waals surface area contributed by atoms with E-state index in [1.54, 1.807) is 13.2 Å². The van der Waals surface area contributed by atoms with Gasteiger partial charge in [0.1, 0.15) is 4.21 Å². The third kappa shape index (κ3) is 4.80. The number of ether oxygens (including phenoxy) is 2. The summed E-state index contributed by atoms with van der Waals surface area (Å²) in [5.41, 5.74) is 0.977. The van der Waals surface area contributed by atoms with Gasteiger partial charge in [0.15, 0.2) is 0 Å². The lowest BCUT2D eigenvalue weighted by Gasteiger charge is -2.14. The molecule has 1 aromatic heterocycles. The summed E-state index contributed by atoms with van der Waals surface area (Å²) in [4.78, 5) is 1.02. The van der Waals surface area contributed by atoms with Gasteiger partial charge in [-0.3, -0.25) is 0 Å². The van der Waals surface area contributed by atoms with Crippen LogP contribution in [0, 0.1) is 6.92 Å². The molecule has 0 aromatic carbocycles. The fourth-order valence-electron chi connectivity index (χ4n) is 1.63. The lowest BCUT2D eigenvalue weighted by molar-refractivity contribution is 0.0320. The Labute approximate surface area is 124 Å². The fourth-order valence-corrected chi connectivity index (χ4v) is 4.34. The van der Waals surface area contributed by atoms with Crippen molar-refractivity contribution >= 4 is 21.4 Å². The van der Waals surface area contributed by atoms with Crippen molar-refractivity contribution in [3.8, 4) is 0 Å². The number of hydrogen-bond acceptors (Lipinski definition) is 6. The molecule has 8 heteroatoms. The smallest absolute Gasteiger partial charge is 0.250 e. The molecule has 0 aliphatic carbocycles. The SMILES string of the molecule is CNCc1sc(S(=O)(=O)NCC(COC)OC)cc1C. The van der Waals surface area contributed by atoms with Crippen LogP contribution in [0.1, 0.15) is 10.4 Å². The van der Waals surface area contributed by atoms with Gasteiger partial charge in [-0.05, 0) is 25.6 Å². The Morgan fingerprint density at radius 3 is 2.65 bits per heavy atom. The van der Waals surface area contributed by atoms with E-state index in [0.717, 1.165) is 10.4 Å². The number of rotatable bonds is 9.